The summed E-state index contributed by atoms with van der Waals surface area (Å²) >= 11 is 12.0. The monoisotopic (exact) mass is 337 g/mol. The Morgan fingerprint density at radius 3 is 2.36 bits per heavy atom. The lowest BCUT2D eigenvalue weighted by atomic mass is 10.1. The summed E-state index contributed by atoms with van der Waals surface area (Å²) in [5.41, 5.74) is 0.816. The van der Waals surface area contributed by atoms with Gasteiger partial charge in [0.1, 0.15) is 0 Å². The van der Waals surface area contributed by atoms with Crippen molar-refractivity contribution in [3.05, 3.63) is 57.8 Å². The number of allylic oxidation sites excluding steroid dienone is 1. The number of carbonyl (C=O) groups excluding carboxylic acids is 1. The minimum Gasteiger partial charge on any atom is -0.493 e. The van der Waals surface area contributed by atoms with E-state index >= 15 is 0 Å². The Hall–Kier alpha value is -2.04. The van der Waals surface area contributed by atoms with Crippen molar-refractivity contribution >= 4 is 35.1 Å². The van der Waals surface area contributed by atoms with E-state index in [1.165, 1.54) is 26.5 Å². The van der Waals surface area contributed by atoms with Crippen molar-refractivity contribution in [1.29, 1.82) is 0 Å². The Kier molecular flexibility index (Phi) is 5.41. The van der Waals surface area contributed by atoms with Crippen LogP contribution in [0.1, 0.15) is 16.1 Å². The summed E-state index contributed by atoms with van der Waals surface area (Å²) in [6.45, 7) is 0. The van der Waals surface area contributed by atoms with Gasteiger partial charge in [0.15, 0.2) is 17.3 Å². The molecule has 2 aromatic rings. The first-order valence-electron chi connectivity index (χ1n) is 6.31. The van der Waals surface area contributed by atoms with Gasteiger partial charge in [-0.15, -0.1) is 0 Å². The van der Waals surface area contributed by atoms with E-state index in [-0.39, 0.29) is 11.3 Å². The lowest BCUT2D eigenvalue weighted by Gasteiger charge is -2.07. The molecule has 0 unspecified atom stereocenters. The fraction of sp³-hybridized carbons (Fsp3) is 0.125. The summed E-state index contributed by atoms with van der Waals surface area (Å²) < 4.78 is 10.3. The number of aromatic nitrogens is 1. The van der Waals surface area contributed by atoms with Gasteiger partial charge in [0.25, 0.3) is 0 Å². The van der Waals surface area contributed by atoms with Crippen LogP contribution < -0.4 is 9.47 Å². The minimum absolute atomic E-state index is 0.266. The Labute approximate surface area is 138 Å². The quantitative estimate of drug-likeness (QED) is 0.602. The molecular weight excluding hydrogens is 325 g/mol. The summed E-state index contributed by atoms with van der Waals surface area (Å²) in [7, 11) is 3.05. The third-order valence-electron chi connectivity index (χ3n) is 2.91. The Balaban J connectivity index is 2.27. The first kappa shape index (κ1) is 16.3. The maximum absolute atomic E-state index is 12.2. The molecule has 6 heteroatoms. The molecule has 0 aliphatic heterocycles. The number of nitrogens with zero attached hydrogens (tertiary/aromatic N) is 1. The van der Waals surface area contributed by atoms with Crippen molar-refractivity contribution < 1.29 is 14.3 Å². The Bertz CT molecular complexity index is 709. The van der Waals surface area contributed by atoms with E-state index in [0.29, 0.717) is 27.2 Å². The van der Waals surface area contributed by atoms with Crippen molar-refractivity contribution in [1.82, 2.24) is 4.98 Å². The average Bonchev–Trinajstić information content (AvgIpc) is 2.52. The van der Waals surface area contributed by atoms with Gasteiger partial charge in [0.2, 0.25) is 0 Å². The van der Waals surface area contributed by atoms with Gasteiger partial charge < -0.3 is 9.47 Å². The van der Waals surface area contributed by atoms with Crippen LogP contribution in [0.15, 0.2) is 36.5 Å². The van der Waals surface area contributed by atoms with Gasteiger partial charge in [0.05, 0.1) is 41.7 Å². The highest BCUT2D eigenvalue weighted by Gasteiger charge is 2.12. The maximum atomic E-state index is 12.2. The first-order valence-corrected chi connectivity index (χ1v) is 7.07. The highest BCUT2D eigenvalue weighted by molar-refractivity contribution is 6.40. The Morgan fingerprint density at radius 1 is 1.14 bits per heavy atom. The molecule has 4 nitrogen and oxygen atoms in total. The van der Waals surface area contributed by atoms with Crippen LogP contribution >= 0.6 is 23.2 Å². The second-order valence-corrected chi connectivity index (χ2v) is 5.07. The third kappa shape index (κ3) is 3.59. The fourth-order valence-corrected chi connectivity index (χ4v) is 2.40. The molecule has 0 amide bonds. The van der Waals surface area contributed by atoms with Crippen molar-refractivity contribution in [2.45, 2.75) is 0 Å². The van der Waals surface area contributed by atoms with Crippen molar-refractivity contribution in [3.8, 4) is 11.5 Å². The van der Waals surface area contributed by atoms with E-state index in [1.54, 1.807) is 30.3 Å². The predicted octanol–water partition coefficient (Wildman–Crippen LogP) is 4.30. The summed E-state index contributed by atoms with van der Waals surface area (Å²) in [4.78, 5) is 16.4. The first-order chi connectivity index (χ1) is 10.6. The van der Waals surface area contributed by atoms with Crippen LogP contribution in [0, 0.1) is 0 Å². The summed E-state index contributed by atoms with van der Waals surface area (Å²) in [5, 5.41) is 0.616. The van der Waals surface area contributed by atoms with E-state index in [4.69, 9.17) is 32.7 Å². The van der Waals surface area contributed by atoms with Gasteiger partial charge in [-0.1, -0.05) is 29.3 Å². The zero-order valence-corrected chi connectivity index (χ0v) is 13.5. The molecule has 2 rings (SSSR count). The standard InChI is InChI=1S/C16H13Cl2NO3/c1-21-14-8-10(19-9-15(14)22-2)6-7-13(20)16-11(17)4-3-5-12(16)18/h3-9H,1-2H3. The molecule has 0 saturated heterocycles. The van der Waals surface area contributed by atoms with Gasteiger partial charge >= 0.3 is 0 Å². The second-order valence-electron chi connectivity index (χ2n) is 4.26. The van der Waals surface area contributed by atoms with E-state index in [1.807, 2.05) is 0 Å². The lowest BCUT2D eigenvalue weighted by Crippen LogP contribution is -1.97. The van der Waals surface area contributed by atoms with E-state index in [0.717, 1.165) is 0 Å². The zero-order chi connectivity index (χ0) is 16.1. The molecule has 114 valence electrons. The number of methoxy groups -OCH3 is 2. The second kappa shape index (κ2) is 7.29. The topological polar surface area (TPSA) is 48.4 Å². The summed E-state index contributed by atoms with van der Waals surface area (Å²) in [6, 6.07) is 6.57. The number of halogens is 2. The third-order valence-corrected chi connectivity index (χ3v) is 3.54. The minimum atomic E-state index is -0.299. The number of pyridine rings is 1. The van der Waals surface area contributed by atoms with Gasteiger partial charge in [-0.25, -0.2) is 0 Å². The molecule has 1 aromatic carbocycles. The van der Waals surface area contributed by atoms with Gasteiger partial charge in [-0.05, 0) is 24.3 Å². The van der Waals surface area contributed by atoms with Crippen LogP contribution in [0.4, 0.5) is 0 Å². The maximum Gasteiger partial charge on any atom is 0.188 e. The number of carbonyl (C=O) groups is 1. The Morgan fingerprint density at radius 2 is 1.77 bits per heavy atom. The summed E-state index contributed by atoms with van der Waals surface area (Å²) in [6.07, 6.45) is 4.44. The van der Waals surface area contributed by atoms with E-state index < -0.39 is 0 Å². The fourth-order valence-electron chi connectivity index (χ4n) is 1.82. The molecule has 0 atom stereocenters. The largest absolute Gasteiger partial charge is 0.493 e. The van der Waals surface area contributed by atoms with Crippen LogP contribution in [0.25, 0.3) is 6.08 Å². The molecule has 1 heterocycles. The van der Waals surface area contributed by atoms with Crippen molar-refractivity contribution in [2.75, 3.05) is 14.2 Å². The predicted molar refractivity (Wildman–Crippen MR) is 87.2 cm³/mol. The highest BCUT2D eigenvalue weighted by Crippen LogP contribution is 2.27. The number of ketones is 1. The van der Waals surface area contributed by atoms with Crippen LogP contribution in [0.3, 0.4) is 0 Å². The molecule has 0 radical (unpaired) electrons. The van der Waals surface area contributed by atoms with Crippen LogP contribution in [-0.4, -0.2) is 25.0 Å². The molecular formula is C16H13Cl2NO3. The van der Waals surface area contributed by atoms with E-state index in [9.17, 15) is 4.79 Å². The SMILES string of the molecule is COc1cnc(C=CC(=O)c2c(Cl)cccc2Cl)cc1OC. The van der Waals surface area contributed by atoms with Gasteiger partial charge in [0, 0.05) is 6.07 Å². The molecule has 0 spiro atoms. The number of ether oxygens (including phenoxy) is 2. The van der Waals surface area contributed by atoms with E-state index in [2.05, 4.69) is 4.98 Å². The molecule has 0 aliphatic rings. The number of hydrogen-bond donors (Lipinski definition) is 0. The van der Waals surface area contributed by atoms with Crippen LogP contribution in [0.2, 0.25) is 10.0 Å². The smallest absolute Gasteiger partial charge is 0.188 e. The normalized spacial score (nSPS) is 10.7. The molecule has 0 saturated carbocycles. The number of benzene rings is 1. The number of rotatable bonds is 5. The zero-order valence-electron chi connectivity index (χ0n) is 12.0. The van der Waals surface area contributed by atoms with Gasteiger partial charge in [-0.3, -0.25) is 9.78 Å². The van der Waals surface area contributed by atoms with Crippen molar-refractivity contribution in [3.63, 3.8) is 0 Å². The average molecular weight is 338 g/mol. The summed E-state index contributed by atoms with van der Waals surface area (Å²) in [5.74, 6) is 0.743. The molecule has 0 bridgehead atoms. The highest BCUT2D eigenvalue weighted by atomic mass is 35.5. The van der Waals surface area contributed by atoms with Gasteiger partial charge in [-0.2, -0.15) is 0 Å². The molecule has 0 fully saturated rings. The molecule has 22 heavy (non-hydrogen) atoms. The number of hydrogen-bond acceptors (Lipinski definition) is 4. The lowest BCUT2D eigenvalue weighted by molar-refractivity contribution is 0.104. The van der Waals surface area contributed by atoms with Crippen LogP contribution in [0.5, 0.6) is 11.5 Å². The van der Waals surface area contributed by atoms with Crippen LogP contribution in [-0.2, 0) is 0 Å². The van der Waals surface area contributed by atoms with Crippen molar-refractivity contribution in [2.24, 2.45) is 0 Å². The molecule has 0 aliphatic carbocycles. The molecule has 0 N–H and O–H groups in total. The molecule has 1 aromatic heterocycles.